The van der Waals surface area contributed by atoms with Crippen LogP contribution in [0.25, 0.3) is 16.0 Å². The van der Waals surface area contributed by atoms with Crippen LogP contribution in [0.15, 0.2) is 24.3 Å². The molecule has 0 N–H and O–H groups in total. The summed E-state index contributed by atoms with van der Waals surface area (Å²) in [6.45, 7) is 2.86. The van der Waals surface area contributed by atoms with Gasteiger partial charge < -0.3 is 0 Å². The molecule has 0 saturated heterocycles. The van der Waals surface area contributed by atoms with Gasteiger partial charge in [0.2, 0.25) is 0 Å². The van der Waals surface area contributed by atoms with E-state index in [2.05, 4.69) is 33.6 Å². The maximum Gasteiger partial charge on any atom is 0.195 e. The van der Waals surface area contributed by atoms with E-state index in [-0.39, 0.29) is 12.4 Å². The number of aromatic nitrogens is 2. The number of imidazole rings is 1. The highest BCUT2D eigenvalue weighted by molar-refractivity contribution is 7.17. The summed E-state index contributed by atoms with van der Waals surface area (Å²) in [5, 5.41) is 8.70. The van der Waals surface area contributed by atoms with Crippen molar-refractivity contribution in [3.05, 3.63) is 34.8 Å². The minimum atomic E-state index is 0. The van der Waals surface area contributed by atoms with Gasteiger partial charge in [-0.25, -0.2) is 4.98 Å². The third-order valence-electron chi connectivity index (χ3n) is 3.91. The fourth-order valence-corrected chi connectivity index (χ4v) is 4.17. The Hall–Kier alpha value is -1.61. The van der Waals surface area contributed by atoms with Gasteiger partial charge in [0.05, 0.1) is 17.1 Å². The summed E-state index contributed by atoms with van der Waals surface area (Å²) in [4.78, 5) is 9.58. The Labute approximate surface area is 133 Å². The van der Waals surface area contributed by atoms with E-state index < -0.39 is 0 Å². The number of para-hydroxylation sites is 2. The molecule has 0 saturated carbocycles. The van der Waals surface area contributed by atoms with Crippen molar-refractivity contribution < 1.29 is 0 Å². The monoisotopic (exact) mass is 318 g/mol. The molecule has 3 aromatic rings. The molecule has 0 spiro atoms. The minimum Gasteiger partial charge on any atom is -0.297 e. The molecule has 2 aromatic heterocycles. The van der Waals surface area contributed by atoms with Crippen molar-refractivity contribution in [3.8, 4) is 6.07 Å². The van der Waals surface area contributed by atoms with Crippen LogP contribution >= 0.6 is 23.7 Å². The van der Waals surface area contributed by atoms with Gasteiger partial charge in [-0.3, -0.25) is 9.30 Å². The first kappa shape index (κ1) is 14.3. The first-order valence-electron chi connectivity index (χ1n) is 6.84. The van der Waals surface area contributed by atoms with Crippen molar-refractivity contribution in [2.75, 3.05) is 13.1 Å². The number of benzene rings is 1. The third-order valence-corrected chi connectivity index (χ3v) is 4.98. The normalized spacial score (nSPS) is 14.8. The van der Waals surface area contributed by atoms with Crippen molar-refractivity contribution >= 4 is 39.7 Å². The van der Waals surface area contributed by atoms with Gasteiger partial charge in [-0.05, 0) is 12.1 Å². The first-order valence-corrected chi connectivity index (χ1v) is 7.65. The summed E-state index contributed by atoms with van der Waals surface area (Å²) >= 11 is 1.79. The SMILES string of the molecule is Cl.N#CCCN1CCc2c(sc3nc4ccccc4n23)C1. The highest BCUT2D eigenvalue weighted by Gasteiger charge is 2.22. The van der Waals surface area contributed by atoms with Crippen LogP contribution in [0.2, 0.25) is 0 Å². The Kier molecular flexibility index (Phi) is 3.85. The Bertz CT molecular complexity index is 829. The fourth-order valence-electron chi connectivity index (χ4n) is 2.95. The first-order chi connectivity index (χ1) is 9.86. The molecule has 21 heavy (non-hydrogen) atoms. The average Bonchev–Trinajstić information content (AvgIpc) is 2.99. The third kappa shape index (κ3) is 2.30. The van der Waals surface area contributed by atoms with Crippen LogP contribution in [0.1, 0.15) is 17.0 Å². The number of thiazole rings is 1. The molecule has 1 aliphatic heterocycles. The van der Waals surface area contributed by atoms with Gasteiger partial charge in [0, 0.05) is 43.0 Å². The Balaban J connectivity index is 0.00000132. The Morgan fingerprint density at radius 1 is 1.33 bits per heavy atom. The lowest BCUT2D eigenvalue weighted by molar-refractivity contribution is 0.261. The van der Waals surface area contributed by atoms with E-state index >= 15 is 0 Å². The lowest BCUT2D eigenvalue weighted by Crippen LogP contribution is -2.31. The number of nitriles is 1. The number of halogens is 1. The van der Waals surface area contributed by atoms with Crippen molar-refractivity contribution in [2.45, 2.75) is 19.4 Å². The number of rotatable bonds is 2. The van der Waals surface area contributed by atoms with Gasteiger partial charge in [0.15, 0.2) is 4.96 Å². The van der Waals surface area contributed by atoms with Crippen molar-refractivity contribution in [3.63, 3.8) is 0 Å². The molecule has 3 heterocycles. The molecule has 0 fully saturated rings. The summed E-state index contributed by atoms with van der Waals surface area (Å²) in [7, 11) is 0. The molecule has 0 bridgehead atoms. The van der Waals surface area contributed by atoms with Crippen molar-refractivity contribution in [1.82, 2.24) is 14.3 Å². The Morgan fingerprint density at radius 2 is 2.19 bits per heavy atom. The average molecular weight is 319 g/mol. The zero-order chi connectivity index (χ0) is 13.5. The second-order valence-electron chi connectivity index (χ2n) is 5.12. The zero-order valence-corrected chi connectivity index (χ0v) is 13.1. The quantitative estimate of drug-likeness (QED) is 0.728. The van der Waals surface area contributed by atoms with E-state index in [0.717, 1.165) is 36.5 Å². The molecule has 1 aliphatic rings. The topological polar surface area (TPSA) is 44.3 Å². The largest absolute Gasteiger partial charge is 0.297 e. The van der Waals surface area contributed by atoms with Crippen LogP contribution in [0.5, 0.6) is 0 Å². The van der Waals surface area contributed by atoms with Gasteiger partial charge in [-0.1, -0.05) is 23.5 Å². The van der Waals surface area contributed by atoms with Crippen LogP contribution in [-0.2, 0) is 13.0 Å². The maximum atomic E-state index is 8.70. The van der Waals surface area contributed by atoms with E-state index in [1.54, 1.807) is 11.3 Å². The van der Waals surface area contributed by atoms with Gasteiger partial charge in [0.25, 0.3) is 0 Å². The van der Waals surface area contributed by atoms with E-state index in [0.29, 0.717) is 6.42 Å². The van der Waals surface area contributed by atoms with E-state index in [4.69, 9.17) is 10.2 Å². The predicted molar refractivity (Wildman–Crippen MR) is 87.0 cm³/mol. The van der Waals surface area contributed by atoms with E-state index in [1.165, 1.54) is 16.1 Å². The van der Waals surface area contributed by atoms with Gasteiger partial charge in [-0.15, -0.1) is 12.4 Å². The number of hydrogen-bond donors (Lipinski definition) is 0. The van der Waals surface area contributed by atoms with Crippen LogP contribution in [-0.4, -0.2) is 27.4 Å². The van der Waals surface area contributed by atoms with Crippen LogP contribution in [0, 0.1) is 11.3 Å². The second-order valence-corrected chi connectivity index (χ2v) is 6.19. The number of nitrogens with zero attached hydrogens (tertiary/aromatic N) is 4. The molecule has 4 nitrogen and oxygen atoms in total. The van der Waals surface area contributed by atoms with E-state index in [1.807, 2.05) is 6.07 Å². The highest BCUT2D eigenvalue weighted by Crippen LogP contribution is 2.31. The summed E-state index contributed by atoms with van der Waals surface area (Å²) < 4.78 is 2.32. The standard InChI is InChI=1S/C15H14N4S.ClH/c16-7-3-8-18-9-6-13-14(10-18)20-15-17-11-4-1-2-5-12(11)19(13)15;/h1-2,4-5H,3,6,8-10H2;1H. The van der Waals surface area contributed by atoms with Gasteiger partial charge in [0.1, 0.15) is 0 Å². The lowest BCUT2D eigenvalue weighted by atomic mass is 10.1. The van der Waals surface area contributed by atoms with Crippen LogP contribution in [0.3, 0.4) is 0 Å². The summed E-state index contributed by atoms with van der Waals surface area (Å²) in [6.07, 6.45) is 1.65. The second kappa shape index (κ2) is 5.64. The molecule has 6 heteroatoms. The Morgan fingerprint density at radius 3 is 3.05 bits per heavy atom. The smallest absolute Gasteiger partial charge is 0.195 e. The van der Waals surface area contributed by atoms with Crippen LogP contribution in [0.4, 0.5) is 0 Å². The molecule has 0 aliphatic carbocycles. The van der Waals surface area contributed by atoms with Crippen molar-refractivity contribution in [1.29, 1.82) is 5.26 Å². The van der Waals surface area contributed by atoms with Gasteiger partial charge in [-0.2, -0.15) is 5.26 Å². The summed E-state index contributed by atoms with van der Waals surface area (Å²) in [5.41, 5.74) is 3.70. The summed E-state index contributed by atoms with van der Waals surface area (Å²) in [5.74, 6) is 0. The maximum absolute atomic E-state index is 8.70. The van der Waals surface area contributed by atoms with Crippen LogP contribution < -0.4 is 0 Å². The van der Waals surface area contributed by atoms with Gasteiger partial charge >= 0.3 is 0 Å². The molecule has 1 aromatic carbocycles. The molecule has 0 radical (unpaired) electrons. The highest BCUT2D eigenvalue weighted by atomic mass is 35.5. The number of hydrogen-bond acceptors (Lipinski definition) is 4. The molecular formula is C15H15ClN4S. The molecule has 108 valence electrons. The minimum absolute atomic E-state index is 0. The molecule has 0 atom stereocenters. The van der Waals surface area contributed by atoms with Crippen molar-refractivity contribution in [2.24, 2.45) is 0 Å². The van der Waals surface area contributed by atoms with E-state index in [9.17, 15) is 0 Å². The summed E-state index contributed by atoms with van der Waals surface area (Å²) in [6, 6.07) is 10.6. The molecular weight excluding hydrogens is 304 g/mol. The predicted octanol–water partition coefficient (Wildman–Crippen LogP) is 3.24. The lowest BCUT2D eigenvalue weighted by Gasteiger charge is -2.25. The molecule has 0 amide bonds. The fraction of sp³-hybridized carbons (Fsp3) is 0.333. The molecule has 4 rings (SSSR count). The zero-order valence-electron chi connectivity index (χ0n) is 11.5. The number of fused-ring (bicyclic) bond motifs is 5. The molecule has 0 unspecified atom stereocenters.